The lowest BCUT2D eigenvalue weighted by Gasteiger charge is -2.14. The first-order valence-electron chi connectivity index (χ1n) is 6.81. The van der Waals surface area contributed by atoms with Gasteiger partial charge in [0.15, 0.2) is 5.69 Å². The van der Waals surface area contributed by atoms with Gasteiger partial charge in [0, 0.05) is 25.1 Å². The van der Waals surface area contributed by atoms with E-state index in [1.165, 1.54) is 0 Å². The number of rotatable bonds is 3. The average molecular weight is 291 g/mol. The Labute approximate surface area is 121 Å². The predicted molar refractivity (Wildman–Crippen MR) is 71.5 cm³/mol. The van der Waals surface area contributed by atoms with Crippen LogP contribution in [0.4, 0.5) is 0 Å². The number of hydrogen-bond donors (Lipinski definition) is 1. The molecule has 0 saturated heterocycles. The summed E-state index contributed by atoms with van der Waals surface area (Å²) >= 11 is 0. The fourth-order valence-corrected chi connectivity index (χ4v) is 2.29. The van der Waals surface area contributed by atoms with Gasteiger partial charge < -0.3 is 14.6 Å². The number of amides is 1. The molecule has 0 fully saturated rings. The molecule has 8 heteroatoms. The van der Waals surface area contributed by atoms with Crippen molar-refractivity contribution in [1.29, 1.82) is 0 Å². The van der Waals surface area contributed by atoms with Gasteiger partial charge in [-0.25, -0.2) is 4.68 Å². The third kappa shape index (κ3) is 2.94. The van der Waals surface area contributed by atoms with E-state index in [-0.39, 0.29) is 11.8 Å². The first-order chi connectivity index (χ1) is 10.1. The summed E-state index contributed by atoms with van der Waals surface area (Å²) in [7, 11) is 0. The Morgan fingerprint density at radius 3 is 3.14 bits per heavy atom. The Morgan fingerprint density at radius 1 is 1.52 bits per heavy atom. The van der Waals surface area contributed by atoms with E-state index in [0.717, 1.165) is 11.4 Å². The monoisotopic (exact) mass is 291 g/mol. The summed E-state index contributed by atoms with van der Waals surface area (Å²) in [5.41, 5.74) is 2.17. The molecule has 3 heterocycles. The molecule has 21 heavy (non-hydrogen) atoms. The minimum absolute atomic E-state index is 0.143. The molecular weight excluding hydrogens is 274 g/mol. The van der Waals surface area contributed by atoms with Gasteiger partial charge in [0.1, 0.15) is 5.76 Å². The Hall–Kier alpha value is -2.22. The molecule has 1 aliphatic heterocycles. The quantitative estimate of drug-likeness (QED) is 0.882. The maximum atomic E-state index is 11.9. The van der Waals surface area contributed by atoms with Crippen molar-refractivity contribution in [3.63, 3.8) is 0 Å². The molecular formula is C13H17N5O3. The fourth-order valence-electron chi connectivity index (χ4n) is 2.29. The van der Waals surface area contributed by atoms with Gasteiger partial charge >= 0.3 is 0 Å². The van der Waals surface area contributed by atoms with Gasteiger partial charge in [-0.2, -0.15) is 0 Å². The highest BCUT2D eigenvalue weighted by Gasteiger charge is 2.21. The number of ether oxygens (including phenoxy) is 1. The van der Waals surface area contributed by atoms with E-state index in [0.29, 0.717) is 37.8 Å². The molecule has 1 aliphatic rings. The summed E-state index contributed by atoms with van der Waals surface area (Å²) in [6.07, 6.45) is 0. The van der Waals surface area contributed by atoms with Gasteiger partial charge in [-0.15, -0.1) is 5.10 Å². The molecule has 0 spiro atoms. The predicted octanol–water partition coefficient (Wildman–Crippen LogP) is 0.459. The minimum atomic E-state index is -0.244. The van der Waals surface area contributed by atoms with Crippen molar-refractivity contribution in [3.05, 3.63) is 28.9 Å². The number of nitrogens with zero attached hydrogens (tertiary/aromatic N) is 4. The van der Waals surface area contributed by atoms with Crippen LogP contribution in [0.3, 0.4) is 0 Å². The molecule has 2 aromatic heterocycles. The van der Waals surface area contributed by atoms with Crippen LogP contribution >= 0.6 is 0 Å². The second kappa shape index (κ2) is 5.65. The van der Waals surface area contributed by atoms with Gasteiger partial charge in [0.2, 0.25) is 0 Å². The second-order valence-electron chi connectivity index (χ2n) is 5.22. The number of aromatic nitrogens is 4. The van der Waals surface area contributed by atoms with Crippen molar-refractivity contribution < 1.29 is 14.1 Å². The van der Waals surface area contributed by atoms with Gasteiger partial charge in [-0.1, -0.05) is 10.4 Å². The summed E-state index contributed by atoms with van der Waals surface area (Å²) in [6.45, 7) is 5.90. The molecule has 2 aromatic rings. The number of nitrogens with one attached hydrogen (secondary N) is 1. The third-order valence-electron chi connectivity index (χ3n) is 3.47. The van der Waals surface area contributed by atoms with Crippen LogP contribution in [0.5, 0.6) is 0 Å². The van der Waals surface area contributed by atoms with Gasteiger partial charge in [-0.3, -0.25) is 4.79 Å². The number of carbonyl (C=O) groups excluding carboxylic acids is 1. The number of aryl methyl sites for hydroxylation is 2. The molecule has 3 rings (SSSR count). The molecule has 1 atom stereocenters. The molecule has 0 aromatic carbocycles. The third-order valence-corrected chi connectivity index (χ3v) is 3.47. The summed E-state index contributed by atoms with van der Waals surface area (Å²) in [6, 6.07) is 1.61. The van der Waals surface area contributed by atoms with Crippen molar-refractivity contribution >= 4 is 5.91 Å². The lowest BCUT2D eigenvalue weighted by molar-refractivity contribution is 0.0845. The van der Waals surface area contributed by atoms with E-state index in [1.54, 1.807) is 13.0 Å². The smallest absolute Gasteiger partial charge is 0.273 e. The molecule has 1 N–H and O–H groups in total. The van der Waals surface area contributed by atoms with E-state index in [4.69, 9.17) is 9.26 Å². The van der Waals surface area contributed by atoms with Crippen molar-refractivity contribution in [2.24, 2.45) is 5.92 Å². The van der Waals surface area contributed by atoms with Gasteiger partial charge in [-0.05, 0) is 13.8 Å². The Balaban J connectivity index is 1.59. The zero-order chi connectivity index (χ0) is 14.8. The number of hydrogen-bond acceptors (Lipinski definition) is 6. The zero-order valence-electron chi connectivity index (χ0n) is 12.0. The summed E-state index contributed by atoms with van der Waals surface area (Å²) in [4.78, 5) is 11.9. The van der Waals surface area contributed by atoms with Crippen LogP contribution in [0.1, 0.15) is 27.6 Å². The molecule has 0 aliphatic carbocycles. The number of carbonyl (C=O) groups is 1. The van der Waals surface area contributed by atoms with Crippen LogP contribution in [0, 0.1) is 19.8 Å². The standard InChI is InChI=1S/C13H17N5O3/c1-8-3-11(16-21-8)13(19)14-4-10-5-18-12(7-20-6-10)9(2)15-17-18/h3,10H,4-7H2,1-2H3,(H,14,19)/t10-/m1/s1. The maximum Gasteiger partial charge on any atom is 0.273 e. The molecule has 1 amide bonds. The largest absolute Gasteiger partial charge is 0.375 e. The molecule has 0 radical (unpaired) electrons. The van der Waals surface area contributed by atoms with E-state index in [2.05, 4.69) is 20.8 Å². The van der Waals surface area contributed by atoms with Crippen molar-refractivity contribution in [2.75, 3.05) is 13.2 Å². The van der Waals surface area contributed by atoms with E-state index in [1.807, 2.05) is 11.6 Å². The highest BCUT2D eigenvalue weighted by molar-refractivity contribution is 5.92. The maximum absolute atomic E-state index is 11.9. The lowest BCUT2D eigenvalue weighted by atomic mass is 10.1. The lowest BCUT2D eigenvalue weighted by Crippen LogP contribution is -2.33. The minimum Gasteiger partial charge on any atom is -0.375 e. The zero-order valence-corrected chi connectivity index (χ0v) is 12.0. The van der Waals surface area contributed by atoms with E-state index < -0.39 is 0 Å². The highest BCUT2D eigenvalue weighted by Crippen LogP contribution is 2.14. The Morgan fingerprint density at radius 2 is 2.38 bits per heavy atom. The first kappa shape index (κ1) is 13.7. The SMILES string of the molecule is Cc1cc(C(=O)NC[C@H]2COCc3c(C)nnn3C2)no1. The summed E-state index contributed by atoms with van der Waals surface area (Å²) in [5.74, 6) is 0.510. The van der Waals surface area contributed by atoms with E-state index >= 15 is 0 Å². The van der Waals surface area contributed by atoms with E-state index in [9.17, 15) is 4.79 Å². The molecule has 0 unspecified atom stereocenters. The highest BCUT2D eigenvalue weighted by atomic mass is 16.5. The van der Waals surface area contributed by atoms with Crippen molar-refractivity contribution in [1.82, 2.24) is 25.5 Å². The van der Waals surface area contributed by atoms with Crippen LogP contribution < -0.4 is 5.32 Å². The normalized spacial score (nSPS) is 18.1. The van der Waals surface area contributed by atoms with Crippen LogP contribution in [-0.2, 0) is 17.9 Å². The first-order valence-corrected chi connectivity index (χ1v) is 6.81. The Bertz CT molecular complexity index is 648. The second-order valence-corrected chi connectivity index (χ2v) is 5.22. The summed E-state index contributed by atoms with van der Waals surface area (Å²) < 4.78 is 12.4. The summed E-state index contributed by atoms with van der Waals surface area (Å²) in [5, 5.41) is 14.7. The fraction of sp³-hybridized carbons (Fsp3) is 0.538. The van der Waals surface area contributed by atoms with Gasteiger partial charge in [0.05, 0.1) is 24.6 Å². The molecule has 8 nitrogen and oxygen atoms in total. The van der Waals surface area contributed by atoms with Crippen molar-refractivity contribution in [2.45, 2.75) is 27.0 Å². The van der Waals surface area contributed by atoms with Crippen LogP contribution in [0.2, 0.25) is 0 Å². The Kier molecular flexibility index (Phi) is 3.70. The number of fused-ring (bicyclic) bond motifs is 1. The molecule has 0 bridgehead atoms. The van der Waals surface area contributed by atoms with Crippen LogP contribution in [-0.4, -0.2) is 39.2 Å². The van der Waals surface area contributed by atoms with Crippen LogP contribution in [0.25, 0.3) is 0 Å². The average Bonchev–Trinajstić information content (AvgIpc) is 2.97. The van der Waals surface area contributed by atoms with Crippen molar-refractivity contribution in [3.8, 4) is 0 Å². The van der Waals surface area contributed by atoms with Gasteiger partial charge in [0.25, 0.3) is 5.91 Å². The molecule has 112 valence electrons. The molecule has 0 saturated carbocycles. The van der Waals surface area contributed by atoms with Crippen LogP contribution in [0.15, 0.2) is 10.6 Å². The topological polar surface area (TPSA) is 95.1 Å².